The van der Waals surface area contributed by atoms with Crippen molar-refractivity contribution in [1.82, 2.24) is 14.3 Å². The second kappa shape index (κ2) is 6.53. The first-order valence-electron chi connectivity index (χ1n) is 8.52. The van der Waals surface area contributed by atoms with Gasteiger partial charge >= 0.3 is 5.97 Å². The topological polar surface area (TPSA) is 78.1 Å². The molecule has 0 amide bonds. The highest BCUT2D eigenvalue weighted by molar-refractivity contribution is 5.76. The van der Waals surface area contributed by atoms with Crippen LogP contribution in [0.5, 0.6) is 0 Å². The van der Waals surface area contributed by atoms with Crippen LogP contribution < -0.4 is 0 Å². The predicted octanol–water partition coefficient (Wildman–Crippen LogP) is 2.08. The van der Waals surface area contributed by atoms with Gasteiger partial charge in [-0.2, -0.15) is 0 Å². The molecule has 0 spiro atoms. The van der Waals surface area contributed by atoms with Crippen molar-refractivity contribution >= 4 is 11.6 Å². The first-order valence-corrected chi connectivity index (χ1v) is 8.52. The summed E-state index contributed by atoms with van der Waals surface area (Å²) in [7, 11) is 0. The normalized spacial score (nSPS) is 25.2. The number of aryl methyl sites for hydroxylation is 1. The number of aliphatic hydroxyl groups is 1. The van der Waals surface area contributed by atoms with Crippen LogP contribution in [0, 0.1) is 12.3 Å². The average Bonchev–Trinajstić information content (AvgIpc) is 2.92. The lowest BCUT2D eigenvalue weighted by Crippen LogP contribution is -2.55. The summed E-state index contributed by atoms with van der Waals surface area (Å²) in [6.07, 6.45) is 4.91. The standard InChI is InChI=1S/C18H25N3O3/c1-3-6-18(17(23)24)12-20(7-5-15(18)22)10-14-11-21-8-4-13(2)9-16(21)19-14/h4,8-9,11,15,22H,3,5-7,10,12H2,1-2H3,(H,23,24)/t15-,18+/m0/s1. The van der Waals surface area contributed by atoms with Crippen LogP contribution in [0.2, 0.25) is 0 Å². The molecule has 0 radical (unpaired) electrons. The predicted molar refractivity (Wildman–Crippen MR) is 90.8 cm³/mol. The number of aliphatic carboxylic acids is 1. The van der Waals surface area contributed by atoms with Gasteiger partial charge in [0.1, 0.15) is 11.1 Å². The van der Waals surface area contributed by atoms with Gasteiger partial charge < -0.3 is 14.6 Å². The van der Waals surface area contributed by atoms with Crippen LogP contribution >= 0.6 is 0 Å². The fourth-order valence-electron chi connectivity index (χ4n) is 3.75. The number of fused-ring (bicyclic) bond motifs is 1. The number of nitrogens with zero attached hydrogens (tertiary/aromatic N) is 3. The molecule has 24 heavy (non-hydrogen) atoms. The SMILES string of the molecule is CCC[C@@]1(C(=O)O)CN(Cc2cn3ccc(C)cc3n2)CC[C@@H]1O. The van der Waals surface area contributed by atoms with Crippen molar-refractivity contribution < 1.29 is 15.0 Å². The Morgan fingerprint density at radius 1 is 1.50 bits per heavy atom. The molecule has 2 aromatic heterocycles. The second-order valence-corrected chi connectivity index (χ2v) is 6.93. The number of hydrogen-bond donors (Lipinski definition) is 2. The monoisotopic (exact) mass is 331 g/mol. The molecule has 0 aromatic carbocycles. The summed E-state index contributed by atoms with van der Waals surface area (Å²) in [5.74, 6) is -0.896. The number of carboxylic acid groups (broad SMARTS) is 1. The van der Waals surface area contributed by atoms with Crippen molar-refractivity contribution in [2.75, 3.05) is 13.1 Å². The fraction of sp³-hybridized carbons (Fsp3) is 0.556. The highest BCUT2D eigenvalue weighted by atomic mass is 16.4. The van der Waals surface area contributed by atoms with E-state index in [-0.39, 0.29) is 0 Å². The van der Waals surface area contributed by atoms with E-state index < -0.39 is 17.5 Å². The zero-order valence-corrected chi connectivity index (χ0v) is 14.3. The Kier molecular flexibility index (Phi) is 4.60. The van der Waals surface area contributed by atoms with E-state index in [2.05, 4.69) is 9.88 Å². The Morgan fingerprint density at radius 3 is 3.00 bits per heavy atom. The number of imidazole rings is 1. The largest absolute Gasteiger partial charge is 0.481 e. The molecule has 3 rings (SSSR count). The van der Waals surface area contributed by atoms with Crippen molar-refractivity contribution in [3.8, 4) is 0 Å². The Labute approximate surface area is 141 Å². The molecule has 1 aliphatic heterocycles. The Hall–Kier alpha value is -1.92. The van der Waals surface area contributed by atoms with Gasteiger partial charge in [-0.15, -0.1) is 0 Å². The van der Waals surface area contributed by atoms with Crippen LogP contribution in [0.3, 0.4) is 0 Å². The van der Waals surface area contributed by atoms with Crippen LogP contribution in [-0.2, 0) is 11.3 Å². The molecule has 0 saturated carbocycles. The van der Waals surface area contributed by atoms with Crippen LogP contribution in [0.15, 0.2) is 24.5 Å². The molecular formula is C18H25N3O3. The van der Waals surface area contributed by atoms with E-state index in [0.717, 1.165) is 23.3 Å². The van der Waals surface area contributed by atoms with Crippen molar-refractivity contribution in [2.24, 2.45) is 5.41 Å². The molecule has 0 unspecified atom stereocenters. The van der Waals surface area contributed by atoms with E-state index in [1.54, 1.807) is 0 Å². The van der Waals surface area contributed by atoms with Gasteiger partial charge in [-0.1, -0.05) is 13.3 Å². The lowest BCUT2D eigenvalue weighted by Gasteiger charge is -2.43. The quantitative estimate of drug-likeness (QED) is 0.877. The molecule has 1 fully saturated rings. The van der Waals surface area contributed by atoms with Gasteiger partial charge in [-0.05, 0) is 37.5 Å². The highest BCUT2D eigenvalue weighted by Gasteiger charge is 2.48. The number of hydrogen-bond acceptors (Lipinski definition) is 4. The smallest absolute Gasteiger partial charge is 0.313 e. The van der Waals surface area contributed by atoms with Crippen LogP contribution in [0.4, 0.5) is 0 Å². The van der Waals surface area contributed by atoms with E-state index in [0.29, 0.717) is 32.5 Å². The Morgan fingerprint density at radius 2 is 2.29 bits per heavy atom. The van der Waals surface area contributed by atoms with E-state index in [4.69, 9.17) is 0 Å². The first-order chi connectivity index (χ1) is 11.4. The van der Waals surface area contributed by atoms with Gasteiger partial charge in [0, 0.05) is 32.0 Å². The third-order valence-corrected chi connectivity index (χ3v) is 5.04. The fourth-order valence-corrected chi connectivity index (χ4v) is 3.75. The highest BCUT2D eigenvalue weighted by Crippen LogP contribution is 2.36. The summed E-state index contributed by atoms with van der Waals surface area (Å²) >= 11 is 0. The maximum absolute atomic E-state index is 11.8. The number of rotatable bonds is 5. The molecule has 3 heterocycles. The number of carboxylic acids is 1. The Bertz CT molecular complexity index is 742. The summed E-state index contributed by atoms with van der Waals surface area (Å²) in [4.78, 5) is 18.6. The van der Waals surface area contributed by atoms with Gasteiger partial charge in [-0.25, -0.2) is 4.98 Å². The molecule has 1 aliphatic rings. The van der Waals surface area contributed by atoms with Crippen molar-refractivity contribution in [2.45, 2.75) is 45.8 Å². The molecule has 2 N–H and O–H groups in total. The van der Waals surface area contributed by atoms with Gasteiger partial charge in [-0.3, -0.25) is 9.69 Å². The molecule has 2 aromatic rings. The summed E-state index contributed by atoms with van der Waals surface area (Å²) in [6, 6.07) is 4.06. The zero-order chi connectivity index (χ0) is 17.3. The van der Waals surface area contributed by atoms with Crippen LogP contribution in [0.25, 0.3) is 5.65 Å². The Balaban J connectivity index is 1.80. The summed E-state index contributed by atoms with van der Waals surface area (Å²) in [5.41, 5.74) is 1.92. The van der Waals surface area contributed by atoms with E-state index in [9.17, 15) is 15.0 Å². The van der Waals surface area contributed by atoms with Crippen molar-refractivity contribution in [3.05, 3.63) is 35.8 Å². The first kappa shape index (κ1) is 16.9. The molecular weight excluding hydrogens is 306 g/mol. The molecule has 0 aliphatic carbocycles. The van der Waals surface area contributed by atoms with Crippen LogP contribution in [-0.4, -0.2) is 49.7 Å². The molecule has 130 valence electrons. The van der Waals surface area contributed by atoms with E-state index >= 15 is 0 Å². The van der Waals surface area contributed by atoms with Crippen molar-refractivity contribution in [3.63, 3.8) is 0 Å². The third-order valence-electron chi connectivity index (χ3n) is 5.04. The van der Waals surface area contributed by atoms with E-state index in [1.165, 1.54) is 0 Å². The number of carbonyl (C=O) groups is 1. The summed E-state index contributed by atoms with van der Waals surface area (Å²) in [6.45, 7) is 5.65. The third kappa shape index (κ3) is 3.03. The average molecular weight is 331 g/mol. The molecule has 0 bridgehead atoms. The van der Waals surface area contributed by atoms with Crippen LogP contribution in [0.1, 0.15) is 37.4 Å². The number of piperidine rings is 1. The molecule has 6 heteroatoms. The van der Waals surface area contributed by atoms with E-state index in [1.807, 2.05) is 42.8 Å². The summed E-state index contributed by atoms with van der Waals surface area (Å²) in [5, 5.41) is 20.0. The maximum Gasteiger partial charge on any atom is 0.313 e. The van der Waals surface area contributed by atoms with Crippen molar-refractivity contribution in [1.29, 1.82) is 0 Å². The zero-order valence-electron chi connectivity index (χ0n) is 14.3. The van der Waals surface area contributed by atoms with Gasteiger partial charge in [0.25, 0.3) is 0 Å². The minimum absolute atomic E-state index is 0.365. The minimum Gasteiger partial charge on any atom is -0.481 e. The summed E-state index contributed by atoms with van der Waals surface area (Å²) < 4.78 is 1.98. The number of pyridine rings is 1. The molecule has 6 nitrogen and oxygen atoms in total. The minimum atomic E-state index is -1.07. The lowest BCUT2D eigenvalue weighted by molar-refractivity contribution is -0.164. The van der Waals surface area contributed by atoms with Gasteiger partial charge in [0.2, 0.25) is 0 Å². The number of aromatic nitrogens is 2. The lowest BCUT2D eigenvalue weighted by atomic mass is 9.74. The van der Waals surface area contributed by atoms with Gasteiger partial charge in [0.05, 0.1) is 11.8 Å². The number of aliphatic hydroxyl groups excluding tert-OH is 1. The molecule has 2 atom stereocenters. The molecule has 1 saturated heterocycles. The maximum atomic E-state index is 11.8. The second-order valence-electron chi connectivity index (χ2n) is 6.93. The van der Waals surface area contributed by atoms with Gasteiger partial charge in [0.15, 0.2) is 0 Å². The number of likely N-dealkylation sites (tertiary alicyclic amines) is 1.